The number of piperazine rings is 1. The van der Waals surface area contributed by atoms with Gasteiger partial charge in [0.05, 0.1) is 11.8 Å². The Kier molecular flexibility index (Phi) is 5.28. The molecule has 1 aliphatic heterocycles. The van der Waals surface area contributed by atoms with E-state index in [0.717, 1.165) is 5.56 Å². The van der Waals surface area contributed by atoms with Crippen LogP contribution in [0.3, 0.4) is 0 Å². The molecule has 1 aromatic carbocycles. The molecule has 0 saturated carbocycles. The minimum absolute atomic E-state index is 0.0310. The summed E-state index contributed by atoms with van der Waals surface area (Å²) in [6.45, 7) is 3.83. The Labute approximate surface area is 150 Å². The summed E-state index contributed by atoms with van der Waals surface area (Å²) in [5.41, 5.74) is 1.43. The molecule has 0 aliphatic carbocycles. The lowest BCUT2D eigenvalue weighted by Gasteiger charge is -2.34. The number of carbonyl (C=O) groups is 2. The molecule has 0 radical (unpaired) electrons. The molecule has 25 heavy (non-hydrogen) atoms. The number of carbonyl (C=O) groups excluding carboxylic acids is 2. The Morgan fingerprint density at radius 3 is 2.52 bits per heavy atom. The first kappa shape index (κ1) is 17.4. The molecule has 1 saturated heterocycles. The van der Waals surface area contributed by atoms with Gasteiger partial charge in [0, 0.05) is 31.2 Å². The lowest BCUT2D eigenvalue weighted by Crippen LogP contribution is -2.51. The zero-order valence-corrected chi connectivity index (χ0v) is 14.7. The van der Waals surface area contributed by atoms with Crippen LogP contribution in [0.25, 0.3) is 0 Å². The Balaban J connectivity index is 1.48. The van der Waals surface area contributed by atoms with E-state index in [-0.39, 0.29) is 18.4 Å². The molecule has 1 aliphatic rings. The Morgan fingerprint density at radius 2 is 1.88 bits per heavy atom. The van der Waals surface area contributed by atoms with Crippen molar-refractivity contribution in [2.24, 2.45) is 0 Å². The van der Waals surface area contributed by atoms with Crippen LogP contribution in [0, 0.1) is 6.92 Å². The summed E-state index contributed by atoms with van der Waals surface area (Å²) in [5, 5.41) is 0.664. The number of nitrogens with zero attached hydrogens (tertiary/aromatic N) is 2. The summed E-state index contributed by atoms with van der Waals surface area (Å²) in [5.74, 6) is 0.445. The summed E-state index contributed by atoms with van der Waals surface area (Å²) < 4.78 is 10.5. The minimum Gasteiger partial charge on any atom is -0.484 e. The molecule has 0 bridgehead atoms. The highest BCUT2D eigenvalue weighted by atomic mass is 35.5. The van der Waals surface area contributed by atoms with Gasteiger partial charge in [0.2, 0.25) is 0 Å². The van der Waals surface area contributed by atoms with Gasteiger partial charge in [-0.05, 0) is 36.8 Å². The van der Waals surface area contributed by atoms with Crippen molar-refractivity contribution in [3.63, 3.8) is 0 Å². The number of hydrogen-bond acceptors (Lipinski definition) is 4. The molecule has 6 nitrogen and oxygen atoms in total. The minimum atomic E-state index is -0.0944. The van der Waals surface area contributed by atoms with Gasteiger partial charge in [-0.25, -0.2) is 0 Å². The smallest absolute Gasteiger partial charge is 0.260 e. The zero-order valence-electron chi connectivity index (χ0n) is 13.9. The zero-order chi connectivity index (χ0) is 17.8. The number of halogens is 1. The maximum Gasteiger partial charge on any atom is 0.260 e. The molecule has 0 unspecified atom stereocenters. The summed E-state index contributed by atoms with van der Waals surface area (Å²) in [4.78, 5) is 27.9. The van der Waals surface area contributed by atoms with Crippen molar-refractivity contribution in [3.05, 3.63) is 52.9 Å². The van der Waals surface area contributed by atoms with Crippen LogP contribution in [-0.2, 0) is 4.79 Å². The van der Waals surface area contributed by atoms with Gasteiger partial charge in [-0.1, -0.05) is 11.6 Å². The average Bonchev–Trinajstić information content (AvgIpc) is 3.16. The Hall–Kier alpha value is -2.47. The van der Waals surface area contributed by atoms with Gasteiger partial charge in [-0.2, -0.15) is 0 Å². The standard InChI is InChI=1S/C18H19ClN2O4/c1-13-10-15(2-3-16(13)19)25-12-17(22)20-5-7-21(8-6-20)18(23)14-4-9-24-11-14/h2-4,9-11H,5-8,12H2,1H3. The normalized spacial score (nSPS) is 14.5. The lowest BCUT2D eigenvalue weighted by molar-refractivity contribution is -0.134. The average molecular weight is 363 g/mol. The third-order valence-corrected chi connectivity index (χ3v) is 4.60. The quantitative estimate of drug-likeness (QED) is 0.838. The summed E-state index contributed by atoms with van der Waals surface area (Å²) in [6, 6.07) is 6.93. The van der Waals surface area contributed by atoms with E-state index >= 15 is 0 Å². The molecule has 2 aromatic rings. The van der Waals surface area contributed by atoms with E-state index in [4.69, 9.17) is 20.8 Å². The van der Waals surface area contributed by atoms with Crippen molar-refractivity contribution >= 4 is 23.4 Å². The van der Waals surface area contributed by atoms with Crippen molar-refractivity contribution in [1.29, 1.82) is 0 Å². The molecule has 3 rings (SSSR count). The second kappa shape index (κ2) is 7.61. The number of hydrogen-bond donors (Lipinski definition) is 0. The second-order valence-corrected chi connectivity index (χ2v) is 6.29. The van der Waals surface area contributed by atoms with Gasteiger partial charge in [-0.15, -0.1) is 0 Å². The number of aryl methyl sites for hydroxylation is 1. The van der Waals surface area contributed by atoms with Crippen LogP contribution in [0.4, 0.5) is 0 Å². The fraction of sp³-hybridized carbons (Fsp3) is 0.333. The van der Waals surface area contributed by atoms with E-state index in [1.807, 2.05) is 6.92 Å². The van der Waals surface area contributed by atoms with E-state index in [1.54, 1.807) is 34.1 Å². The fourth-order valence-corrected chi connectivity index (χ4v) is 2.79. The van der Waals surface area contributed by atoms with Gasteiger partial charge >= 0.3 is 0 Å². The highest BCUT2D eigenvalue weighted by molar-refractivity contribution is 6.31. The van der Waals surface area contributed by atoms with Crippen LogP contribution in [0.2, 0.25) is 5.02 Å². The van der Waals surface area contributed by atoms with E-state index < -0.39 is 0 Å². The largest absolute Gasteiger partial charge is 0.484 e. The third-order valence-electron chi connectivity index (χ3n) is 4.18. The number of amides is 2. The molecule has 1 aromatic heterocycles. The van der Waals surface area contributed by atoms with Crippen molar-refractivity contribution in [2.75, 3.05) is 32.8 Å². The van der Waals surface area contributed by atoms with Crippen LogP contribution < -0.4 is 4.74 Å². The third kappa shape index (κ3) is 4.14. The monoisotopic (exact) mass is 362 g/mol. The van der Waals surface area contributed by atoms with E-state index in [2.05, 4.69) is 0 Å². The first-order valence-corrected chi connectivity index (χ1v) is 8.40. The highest BCUT2D eigenvalue weighted by Crippen LogP contribution is 2.21. The lowest BCUT2D eigenvalue weighted by atomic mass is 10.2. The first-order chi connectivity index (χ1) is 12.0. The van der Waals surface area contributed by atoms with Crippen LogP contribution in [0.15, 0.2) is 41.2 Å². The fourth-order valence-electron chi connectivity index (χ4n) is 2.67. The van der Waals surface area contributed by atoms with Gasteiger partial charge in [0.1, 0.15) is 12.0 Å². The van der Waals surface area contributed by atoms with E-state index in [0.29, 0.717) is 42.5 Å². The molecular weight excluding hydrogens is 344 g/mol. The van der Waals surface area contributed by atoms with E-state index in [9.17, 15) is 9.59 Å². The van der Waals surface area contributed by atoms with Crippen LogP contribution >= 0.6 is 11.6 Å². The molecule has 1 fully saturated rings. The van der Waals surface area contributed by atoms with Gasteiger partial charge < -0.3 is 19.0 Å². The number of ether oxygens (including phenoxy) is 1. The molecule has 7 heteroatoms. The van der Waals surface area contributed by atoms with Gasteiger partial charge in [0.15, 0.2) is 6.61 Å². The van der Waals surface area contributed by atoms with Crippen molar-refractivity contribution in [1.82, 2.24) is 9.80 Å². The SMILES string of the molecule is Cc1cc(OCC(=O)N2CCN(C(=O)c3ccoc3)CC2)ccc1Cl. The topological polar surface area (TPSA) is 63.0 Å². The number of rotatable bonds is 4. The van der Waals surface area contributed by atoms with Crippen molar-refractivity contribution in [3.8, 4) is 5.75 Å². The van der Waals surface area contributed by atoms with Crippen LogP contribution in [-0.4, -0.2) is 54.4 Å². The van der Waals surface area contributed by atoms with E-state index in [1.165, 1.54) is 12.5 Å². The molecule has 0 atom stereocenters. The maximum atomic E-state index is 12.3. The first-order valence-electron chi connectivity index (χ1n) is 8.03. The molecular formula is C18H19ClN2O4. The van der Waals surface area contributed by atoms with Crippen molar-refractivity contribution < 1.29 is 18.7 Å². The molecule has 2 heterocycles. The summed E-state index contributed by atoms with van der Waals surface area (Å²) >= 11 is 5.97. The van der Waals surface area contributed by atoms with Gasteiger partial charge in [0.25, 0.3) is 11.8 Å². The second-order valence-electron chi connectivity index (χ2n) is 5.88. The van der Waals surface area contributed by atoms with Gasteiger partial charge in [-0.3, -0.25) is 9.59 Å². The van der Waals surface area contributed by atoms with Crippen LogP contribution in [0.1, 0.15) is 15.9 Å². The van der Waals surface area contributed by atoms with Crippen molar-refractivity contribution in [2.45, 2.75) is 6.92 Å². The number of benzene rings is 1. The highest BCUT2D eigenvalue weighted by Gasteiger charge is 2.25. The number of furan rings is 1. The molecule has 0 spiro atoms. The Bertz CT molecular complexity index is 752. The summed E-state index contributed by atoms with van der Waals surface area (Å²) in [6.07, 6.45) is 2.91. The molecule has 0 N–H and O–H groups in total. The Morgan fingerprint density at radius 1 is 1.16 bits per heavy atom. The predicted octanol–water partition coefficient (Wildman–Crippen LogP) is 2.60. The predicted molar refractivity (Wildman–Crippen MR) is 92.9 cm³/mol. The summed E-state index contributed by atoms with van der Waals surface area (Å²) in [7, 11) is 0. The van der Waals surface area contributed by atoms with Crippen LogP contribution in [0.5, 0.6) is 5.75 Å². The molecule has 132 valence electrons. The molecule has 2 amide bonds. The maximum absolute atomic E-state index is 12.3.